The number of amides is 1. The van der Waals surface area contributed by atoms with E-state index in [0.717, 1.165) is 18.5 Å². The third-order valence-electron chi connectivity index (χ3n) is 2.78. The van der Waals surface area contributed by atoms with Gasteiger partial charge in [0.2, 0.25) is 5.91 Å². The minimum absolute atomic E-state index is 0. The number of benzene rings is 1. The number of carbonyl (C=O) groups excluding carboxylic acids is 1. The average Bonchev–Trinajstić information content (AvgIpc) is 2.47. The summed E-state index contributed by atoms with van der Waals surface area (Å²) in [6.45, 7) is 3.43. The van der Waals surface area contributed by atoms with E-state index in [1.807, 2.05) is 0 Å². The minimum Gasteiger partial charge on any atom is -0.356 e. The summed E-state index contributed by atoms with van der Waals surface area (Å²) < 4.78 is 12.8. The summed E-state index contributed by atoms with van der Waals surface area (Å²) in [6.07, 6.45) is 0.957. The molecule has 1 rings (SSSR count). The molecule has 7 heteroatoms. The number of likely N-dealkylation sites (N-methyl/N-ethyl adjacent to an activating group) is 1. The van der Waals surface area contributed by atoms with Gasteiger partial charge in [-0.25, -0.2) is 9.38 Å². The normalized spacial score (nSPS) is 10.6. The van der Waals surface area contributed by atoms with Crippen molar-refractivity contribution in [1.82, 2.24) is 15.5 Å². The number of aliphatic imine (C=N–C) groups is 1. The van der Waals surface area contributed by atoms with Gasteiger partial charge in [0.25, 0.3) is 0 Å². The second-order valence-electron chi connectivity index (χ2n) is 4.86. The highest BCUT2D eigenvalue weighted by molar-refractivity contribution is 14.0. The summed E-state index contributed by atoms with van der Waals surface area (Å²) >= 11 is 0. The Morgan fingerprint density at radius 2 is 1.86 bits per heavy atom. The predicted molar refractivity (Wildman–Crippen MR) is 97.9 cm³/mol. The van der Waals surface area contributed by atoms with Crippen LogP contribution >= 0.6 is 24.0 Å². The van der Waals surface area contributed by atoms with E-state index in [2.05, 4.69) is 22.5 Å². The fraction of sp³-hybridized carbons (Fsp3) is 0.467. The van der Waals surface area contributed by atoms with Crippen LogP contribution in [0, 0.1) is 5.82 Å². The molecule has 1 aromatic carbocycles. The zero-order valence-corrected chi connectivity index (χ0v) is 15.6. The molecule has 22 heavy (non-hydrogen) atoms. The van der Waals surface area contributed by atoms with Crippen molar-refractivity contribution in [2.24, 2.45) is 4.99 Å². The largest absolute Gasteiger partial charge is 0.356 e. The van der Waals surface area contributed by atoms with Crippen molar-refractivity contribution in [3.63, 3.8) is 0 Å². The maximum absolute atomic E-state index is 12.8. The highest BCUT2D eigenvalue weighted by Crippen LogP contribution is 2.03. The van der Waals surface area contributed by atoms with Crippen molar-refractivity contribution in [3.05, 3.63) is 35.6 Å². The lowest BCUT2D eigenvalue weighted by Gasteiger charge is -2.14. The molecule has 0 fully saturated rings. The van der Waals surface area contributed by atoms with Crippen molar-refractivity contribution < 1.29 is 9.18 Å². The molecule has 1 aromatic rings. The predicted octanol–water partition coefficient (Wildman–Crippen LogP) is 1.98. The van der Waals surface area contributed by atoms with E-state index in [4.69, 9.17) is 0 Å². The van der Waals surface area contributed by atoms with E-state index in [0.29, 0.717) is 12.5 Å². The number of nitrogens with zero attached hydrogens (tertiary/aromatic N) is 2. The molecule has 0 heterocycles. The Labute approximate surface area is 148 Å². The van der Waals surface area contributed by atoms with Gasteiger partial charge < -0.3 is 15.5 Å². The van der Waals surface area contributed by atoms with Crippen molar-refractivity contribution in [1.29, 1.82) is 0 Å². The molecule has 0 bridgehead atoms. The van der Waals surface area contributed by atoms with E-state index in [1.165, 1.54) is 17.0 Å². The van der Waals surface area contributed by atoms with Crippen molar-refractivity contribution in [2.45, 2.75) is 19.9 Å². The summed E-state index contributed by atoms with van der Waals surface area (Å²) in [5.74, 6) is 0.293. The summed E-state index contributed by atoms with van der Waals surface area (Å²) in [5, 5.41) is 6.13. The Morgan fingerprint density at radius 1 is 1.23 bits per heavy atom. The fourth-order valence-electron chi connectivity index (χ4n) is 1.50. The maximum atomic E-state index is 12.8. The van der Waals surface area contributed by atoms with Crippen LogP contribution in [0.15, 0.2) is 29.3 Å². The highest BCUT2D eigenvalue weighted by Gasteiger charge is 2.05. The molecule has 0 radical (unpaired) electrons. The topological polar surface area (TPSA) is 56.7 Å². The van der Waals surface area contributed by atoms with Gasteiger partial charge in [-0.05, 0) is 24.1 Å². The Kier molecular flexibility index (Phi) is 10.5. The fourth-order valence-corrected chi connectivity index (χ4v) is 1.50. The minimum atomic E-state index is -0.262. The maximum Gasteiger partial charge on any atom is 0.241 e. The lowest BCUT2D eigenvalue weighted by Crippen LogP contribution is -2.43. The molecule has 0 aliphatic carbocycles. The molecule has 0 atom stereocenters. The van der Waals surface area contributed by atoms with Gasteiger partial charge in [-0.2, -0.15) is 0 Å². The molecule has 0 saturated heterocycles. The Bertz CT molecular complexity index is 477. The molecular weight excluding hydrogens is 398 g/mol. The first-order chi connectivity index (χ1) is 10.0. The van der Waals surface area contributed by atoms with Crippen LogP contribution in [0.2, 0.25) is 0 Å². The molecular formula is C15H24FIN4O. The van der Waals surface area contributed by atoms with Crippen molar-refractivity contribution in [3.8, 4) is 0 Å². The average molecular weight is 422 g/mol. The number of halogens is 2. The quantitative estimate of drug-likeness (QED) is 0.419. The smallest absolute Gasteiger partial charge is 0.241 e. The molecule has 1 amide bonds. The summed E-state index contributed by atoms with van der Waals surface area (Å²) in [5.41, 5.74) is 0.910. The Hall–Kier alpha value is -1.38. The van der Waals surface area contributed by atoms with E-state index in [9.17, 15) is 9.18 Å². The second kappa shape index (κ2) is 11.2. The van der Waals surface area contributed by atoms with Gasteiger partial charge in [0.1, 0.15) is 5.82 Å². The number of guanidine groups is 1. The van der Waals surface area contributed by atoms with Gasteiger partial charge in [0, 0.05) is 20.6 Å². The van der Waals surface area contributed by atoms with Crippen LogP contribution in [0.5, 0.6) is 0 Å². The molecule has 0 saturated carbocycles. The van der Waals surface area contributed by atoms with Gasteiger partial charge in [0.05, 0.1) is 13.1 Å². The van der Waals surface area contributed by atoms with Crippen LogP contribution in [-0.2, 0) is 11.3 Å². The first-order valence-electron chi connectivity index (χ1n) is 6.99. The molecule has 2 N–H and O–H groups in total. The van der Waals surface area contributed by atoms with E-state index < -0.39 is 0 Å². The van der Waals surface area contributed by atoms with Crippen molar-refractivity contribution >= 4 is 35.8 Å². The SMILES string of the molecule is CCCNC(=NCc1ccc(F)cc1)NCC(=O)N(C)C.I. The standard InChI is InChI=1S/C15H23FN4O.HI/c1-4-9-17-15(19-11-14(21)20(2)3)18-10-12-5-7-13(16)8-6-12;/h5-8H,4,9-11H2,1-3H3,(H2,17,18,19);1H. The van der Waals surface area contributed by atoms with Crippen LogP contribution in [0.3, 0.4) is 0 Å². The molecule has 0 unspecified atom stereocenters. The highest BCUT2D eigenvalue weighted by atomic mass is 127. The molecule has 124 valence electrons. The van der Waals surface area contributed by atoms with Gasteiger partial charge in [0.15, 0.2) is 5.96 Å². The number of hydrogen-bond donors (Lipinski definition) is 2. The van der Waals surface area contributed by atoms with E-state index >= 15 is 0 Å². The number of rotatable bonds is 6. The van der Waals surface area contributed by atoms with Gasteiger partial charge >= 0.3 is 0 Å². The first kappa shape index (κ1) is 20.6. The van der Waals surface area contributed by atoms with Gasteiger partial charge in [-0.15, -0.1) is 24.0 Å². The van der Waals surface area contributed by atoms with Crippen molar-refractivity contribution in [2.75, 3.05) is 27.2 Å². The van der Waals surface area contributed by atoms with Crippen LogP contribution in [0.1, 0.15) is 18.9 Å². The molecule has 0 aromatic heterocycles. The summed E-state index contributed by atoms with van der Waals surface area (Å²) in [7, 11) is 3.41. The monoisotopic (exact) mass is 422 g/mol. The molecule has 0 aliphatic rings. The summed E-state index contributed by atoms with van der Waals surface area (Å²) in [4.78, 5) is 17.5. The van der Waals surface area contributed by atoms with Gasteiger partial charge in [-0.3, -0.25) is 4.79 Å². The molecule has 0 spiro atoms. The second-order valence-corrected chi connectivity index (χ2v) is 4.86. The number of carbonyl (C=O) groups is 1. The van der Waals surface area contributed by atoms with Crippen LogP contribution in [0.25, 0.3) is 0 Å². The summed E-state index contributed by atoms with van der Waals surface area (Å²) in [6, 6.07) is 6.21. The van der Waals surface area contributed by atoms with Crippen LogP contribution in [0.4, 0.5) is 4.39 Å². The van der Waals surface area contributed by atoms with Gasteiger partial charge in [-0.1, -0.05) is 19.1 Å². The Balaban J connectivity index is 0.00000441. The van der Waals surface area contributed by atoms with Crippen LogP contribution in [-0.4, -0.2) is 44.0 Å². The number of nitrogens with one attached hydrogen (secondary N) is 2. The van der Waals surface area contributed by atoms with E-state index in [1.54, 1.807) is 26.2 Å². The zero-order valence-electron chi connectivity index (χ0n) is 13.2. The Morgan fingerprint density at radius 3 is 2.41 bits per heavy atom. The lowest BCUT2D eigenvalue weighted by atomic mass is 10.2. The zero-order chi connectivity index (χ0) is 15.7. The number of hydrogen-bond acceptors (Lipinski definition) is 2. The first-order valence-corrected chi connectivity index (χ1v) is 6.99. The molecule has 0 aliphatic heterocycles. The van der Waals surface area contributed by atoms with E-state index in [-0.39, 0.29) is 42.2 Å². The van der Waals surface area contributed by atoms with Crippen LogP contribution < -0.4 is 10.6 Å². The molecule has 5 nitrogen and oxygen atoms in total. The third-order valence-corrected chi connectivity index (χ3v) is 2.78. The lowest BCUT2D eigenvalue weighted by molar-refractivity contribution is -0.127. The third kappa shape index (κ3) is 8.16.